The number of hydrogen-bond donors (Lipinski definition) is 3. The molecule has 29 heavy (non-hydrogen) atoms. The van der Waals surface area contributed by atoms with Crippen LogP contribution in [0.15, 0.2) is 36.7 Å². The smallest absolute Gasteiger partial charge is 0.256 e. The van der Waals surface area contributed by atoms with Gasteiger partial charge in [0.1, 0.15) is 23.2 Å². The van der Waals surface area contributed by atoms with Crippen molar-refractivity contribution in [2.45, 2.75) is 45.5 Å². The standard InChI is InChI=1S/C20H25FN6O2/c1-12(2)25-18-13(19(28)24-11-16(21)20(3,4)29)10-23-17-9-15(26-27(17)18)14-7-5-6-8-22-14/h5-10,12,16,25,29H,11H2,1-4H3,(H,24,28)/t16-/m1/s1. The third-order valence-electron chi connectivity index (χ3n) is 4.29. The number of aromatic nitrogens is 4. The van der Waals surface area contributed by atoms with E-state index in [-0.39, 0.29) is 18.2 Å². The van der Waals surface area contributed by atoms with E-state index in [1.54, 1.807) is 16.8 Å². The number of carbonyl (C=O) groups excluding carboxylic acids is 1. The van der Waals surface area contributed by atoms with E-state index < -0.39 is 17.7 Å². The molecule has 0 aliphatic heterocycles. The van der Waals surface area contributed by atoms with Crippen molar-refractivity contribution in [3.05, 3.63) is 42.2 Å². The van der Waals surface area contributed by atoms with Crippen LogP contribution in [-0.2, 0) is 0 Å². The monoisotopic (exact) mass is 400 g/mol. The van der Waals surface area contributed by atoms with Crippen molar-refractivity contribution in [3.63, 3.8) is 0 Å². The molecule has 0 saturated heterocycles. The molecule has 0 unspecified atom stereocenters. The van der Waals surface area contributed by atoms with Gasteiger partial charge in [-0.15, -0.1) is 0 Å². The Morgan fingerprint density at radius 1 is 1.28 bits per heavy atom. The molecule has 9 heteroatoms. The van der Waals surface area contributed by atoms with E-state index in [9.17, 15) is 14.3 Å². The molecule has 8 nitrogen and oxygen atoms in total. The molecule has 0 bridgehead atoms. The topological polar surface area (TPSA) is 104 Å². The Morgan fingerprint density at radius 3 is 2.66 bits per heavy atom. The van der Waals surface area contributed by atoms with Crippen molar-refractivity contribution < 1.29 is 14.3 Å². The van der Waals surface area contributed by atoms with E-state index >= 15 is 0 Å². The van der Waals surface area contributed by atoms with E-state index in [1.165, 1.54) is 20.0 Å². The van der Waals surface area contributed by atoms with Crippen LogP contribution in [0.1, 0.15) is 38.1 Å². The summed E-state index contributed by atoms with van der Waals surface area (Å²) in [6.07, 6.45) is 1.50. The zero-order valence-corrected chi connectivity index (χ0v) is 16.8. The number of pyridine rings is 1. The number of carbonyl (C=O) groups is 1. The number of amides is 1. The molecule has 0 fully saturated rings. The molecule has 3 aromatic heterocycles. The number of nitrogens with zero attached hydrogens (tertiary/aromatic N) is 4. The Balaban J connectivity index is 1.97. The van der Waals surface area contributed by atoms with Crippen LogP contribution in [0.4, 0.5) is 10.2 Å². The summed E-state index contributed by atoms with van der Waals surface area (Å²) in [5.74, 6) is -0.0623. The molecule has 3 N–H and O–H groups in total. The predicted molar refractivity (Wildman–Crippen MR) is 109 cm³/mol. The van der Waals surface area contributed by atoms with Gasteiger partial charge in [-0.1, -0.05) is 6.07 Å². The Bertz CT molecular complexity index is 997. The normalized spacial score (nSPS) is 12.9. The molecule has 1 amide bonds. The van der Waals surface area contributed by atoms with Gasteiger partial charge in [-0.25, -0.2) is 9.37 Å². The molecule has 1 atom stereocenters. The summed E-state index contributed by atoms with van der Waals surface area (Å²) >= 11 is 0. The lowest BCUT2D eigenvalue weighted by molar-refractivity contribution is -0.00177. The summed E-state index contributed by atoms with van der Waals surface area (Å²) in [5, 5.41) is 20.0. The molecule has 0 aromatic carbocycles. The number of halogens is 1. The molecular formula is C20H25FN6O2. The fraction of sp³-hybridized carbons (Fsp3) is 0.400. The quantitative estimate of drug-likeness (QED) is 0.563. The maximum Gasteiger partial charge on any atom is 0.256 e. The van der Waals surface area contributed by atoms with E-state index in [0.29, 0.717) is 22.9 Å². The molecule has 154 valence electrons. The summed E-state index contributed by atoms with van der Waals surface area (Å²) in [6, 6.07) is 7.31. The van der Waals surface area contributed by atoms with Gasteiger partial charge in [-0.2, -0.15) is 9.61 Å². The third kappa shape index (κ3) is 4.68. The fourth-order valence-electron chi connectivity index (χ4n) is 2.68. The maximum absolute atomic E-state index is 14.0. The van der Waals surface area contributed by atoms with Crippen LogP contribution in [0.3, 0.4) is 0 Å². The summed E-state index contributed by atoms with van der Waals surface area (Å²) in [6.45, 7) is 6.25. The highest BCUT2D eigenvalue weighted by atomic mass is 19.1. The molecular weight excluding hydrogens is 375 g/mol. The Labute approximate surface area is 168 Å². The zero-order chi connectivity index (χ0) is 21.2. The van der Waals surface area contributed by atoms with Gasteiger partial charge >= 0.3 is 0 Å². The van der Waals surface area contributed by atoms with Crippen molar-refractivity contribution in [3.8, 4) is 11.4 Å². The molecule has 0 spiro atoms. The maximum atomic E-state index is 14.0. The first-order valence-electron chi connectivity index (χ1n) is 9.38. The van der Waals surface area contributed by atoms with Crippen LogP contribution in [0.5, 0.6) is 0 Å². The number of hydrogen-bond acceptors (Lipinski definition) is 6. The van der Waals surface area contributed by atoms with Crippen LogP contribution >= 0.6 is 0 Å². The Hall–Kier alpha value is -3.07. The van der Waals surface area contributed by atoms with Gasteiger partial charge in [0.25, 0.3) is 5.91 Å². The molecule has 0 radical (unpaired) electrons. The van der Waals surface area contributed by atoms with Gasteiger partial charge < -0.3 is 15.7 Å². The average molecular weight is 400 g/mol. The van der Waals surface area contributed by atoms with Gasteiger partial charge in [0.2, 0.25) is 0 Å². The van der Waals surface area contributed by atoms with E-state index in [4.69, 9.17) is 0 Å². The summed E-state index contributed by atoms with van der Waals surface area (Å²) in [7, 11) is 0. The molecule has 0 aliphatic rings. The molecule has 0 saturated carbocycles. The van der Waals surface area contributed by atoms with Crippen molar-refractivity contribution in [2.24, 2.45) is 0 Å². The number of nitrogens with one attached hydrogen (secondary N) is 2. The second-order valence-corrected chi connectivity index (χ2v) is 7.67. The molecule has 3 heterocycles. The average Bonchev–Trinajstić information content (AvgIpc) is 3.10. The lowest BCUT2D eigenvalue weighted by Gasteiger charge is -2.22. The molecule has 3 rings (SSSR count). The number of anilines is 1. The number of rotatable bonds is 7. The van der Waals surface area contributed by atoms with Crippen LogP contribution in [0, 0.1) is 0 Å². The Kier molecular flexibility index (Phi) is 5.78. The molecule has 0 aliphatic carbocycles. The van der Waals surface area contributed by atoms with Gasteiger partial charge in [-0.3, -0.25) is 9.78 Å². The third-order valence-corrected chi connectivity index (χ3v) is 4.29. The van der Waals surface area contributed by atoms with Crippen LogP contribution < -0.4 is 10.6 Å². The number of fused-ring (bicyclic) bond motifs is 1. The van der Waals surface area contributed by atoms with Gasteiger partial charge in [-0.05, 0) is 39.8 Å². The number of aliphatic hydroxyl groups is 1. The minimum atomic E-state index is -1.61. The SMILES string of the molecule is CC(C)Nc1c(C(=O)NC[C@@H](F)C(C)(C)O)cnc2cc(-c3ccccn3)nn12. The lowest BCUT2D eigenvalue weighted by Crippen LogP contribution is -2.42. The van der Waals surface area contributed by atoms with Crippen molar-refractivity contribution >= 4 is 17.4 Å². The van der Waals surface area contributed by atoms with Gasteiger partial charge in [0, 0.05) is 24.5 Å². The summed E-state index contributed by atoms with van der Waals surface area (Å²) in [5.41, 5.74) is 0.530. The minimum absolute atomic E-state index is 0.0138. The summed E-state index contributed by atoms with van der Waals surface area (Å²) < 4.78 is 15.6. The first kappa shape index (κ1) is 20.7. The second kappa shape index (κ2) is 8.12. The first-order valence-corrected chi connectivity index (χ1v) is 9.38. The fourth-order valence-corrected chi connectivity index (χ4v) is 2.68. The minimum Gasteiger partial charge on any atom is -0.387 e. The lowest BCUT2D eigenvalue weighted by atomic mass is 10.0. The largest absolute Gasteiger partial charge is 0.387 e. The number of alkyl halides is 1. The van der Waals surface area contributed by atoms with Crippen LogP contribution in [0.2, 0.25) is 0 Å². The highest BCUT2D eigenvalue weighted by molar-refractivity contribution is 5.99. The van der Waals surface area contributed by atoms with E-state index in [2.05, 4.69) is 25.7 Å². The van der Waals surface area contributed by atoms with Crippen LogP contribution in [-0.4, -0.2) is 55.0 Å². The van der Waals surface area contributed by atoms with E-state index in [0.717, 1.165) is 0 Å². The molecule has 3 aromatic rings. The van der Waals surface area contributed by atoms with Crippen molar-refractivity contribution in [1.29, 1.82) is 0 Å². The highest BCUT2D eigenvalue weighted by Crippen LogP contribution is 2.22. The second-order valence-electron chi connectivity index (χ2n) is 7.67. The highest BCUT2D eigenvalue weighted by Gasteiger charge is 2.27. The van der Waals surface area contributed by atoms with Crippen molar-refractivity contribution in [2.75, 3.05) is 11.9 Å². The van der Waals surface area contributed by atoms with Crippen LogP contribution in [0.25, 0.3) is 17.0 Å². The van der Waals surface area contributed by atoms with Gasteiger partial charge in [0.15, 0.2) is 5.65 Å². The Morgan fingerprint density at radius 2 is 2.03 bits per heavy atom. The van der Waals surface area contributed by atoms with E-state index in [1.807, 2.05) is 32.0 Å². The summed E-state index contributed by atoms with van der Waals surface area (Å²) in [4.78, 5) is 21.3. The van der Waals surface area contributed by atoms with Crippen molar-refractivity contribution in [1.82, 2.24) is 24.9 Å². The van der Waals surface area contributed by atoms with Gasteiger partial charge in [0.05, 0.1) is 17.8 Å². The predicted octanol–water partition coefficient (Wildman–Crippen LogP) is 2.45. The zero-order valence-electron chi connectivity index (χ0n) is 16.8. The first-order chi connectivity index (χ1) is 13.7.